The van der Waals surface area contributed by atoms with Crippen molar-refractivity contribution in [2.45, 2.75) is 19.8 Å². The second-order valence-corrected chi connectivity index (χ2v) is 4.23. The molecule has 1 aromatic rings. The molecule has 0 aliphatic carbocycles. The van der Waals surface area contributed by atoms with Gasteiger partial charge in [0.1, 0.15) is 5.75 Å². The number of rotatable bonds is 7. The van der Waals surface area contributed by atoms with E-state index in [1.807, 2.05) is 31.2 Å². The minimum atomic E-state index is -0.0738. The number of hydrogen-bond acceptors (Lipinski definition) is 3. The standard InChI is InChI=1S/C14H22N2O2/c1-3-12(10-15)14(17)16-8-7-11-5-4-6-13(9-11)18-2/h4-6,9,12H,3,7-8,10,15H2,1-2H3,(H,16,17). The van der Waals surface area contributed by atoms with E-state index in [0.29, 0.717) is 13.1 Å². The summed E-state index contributed by atoms with van der Waals surface area (Å²) in [6.07, 6.45) is 1.57. The maximum atomic E-state index is 11.7. The molecule has 1 rings (SSSR count). The van der Waals surface area contributed by atoms with Gasteiger partial charge in [-0.2, -0.15) is 0 Å². The van der Waals surface area contributed by atoms with E-state index >= 15 is 0 Å². The molecule has 0 aliphatic rings. The van der Waals surface area contributed by atoms with E-state index in [2.05, 4.69) is 5.32 Å². The highest BCUT2D eigenvalue weighted by Gasteiger charge is 2.13. The molecule has 1 aromatic carbocycles. The van der Waals surface area contributed by atoms with Crippen molar-refractivity contribution in [2.24, 2.45) is 11.7 Å². The quantitative estimate of drug-likeness (QED) is 0.767. The Balaban J connectivity index is 2.39. The summed E-state index contributed by atoms with van der Waals surface area (Å²) in [7, 11) is 1.65. The van der Waals surface area contributed by atoms with Crippen LogP contribution in [0, 0.1) is 5.92 Å². The molecule has 18 heavy (non-hydrogen) atoms. The molecular weight excluding hydrogens is 228 g/mol. The van der Waals surface area contributed by atoms with Gasteiger partial charge in [-0.1, -0.05) is 19.1 Å². The summed E-state index contributed by atoms with van der Waals surface area (Å²) in [5.41, 5.74) is 6.68. The fourth-order valence-electron chi connectivity index (χ4n) is 1.76. The average molecular weight is 250 g/mol. The van der Waals surface area contributed by atoms with Gasteiger partial charge in [0.05, 0.1) is 7.11 Å². The zero-order valence-electron chi connectivity index (χ0n) is 11.1. The molecule has 0 bridgehead atoms. The molecule has 0 heterocycles. The summed E-state index contributed by atoms with van der Waals surface area (Å²) in [4.78, 5) is 11.7. The minimum absolute atomic E-state index is 0.0443. The monoisotopic (exact) mass is 250 g/mol. The smallest absolute Gasteiger partial charge is 0.224 e. The van der Waals surface area contributed by atoms with E-state index < -0.39 is 0 Å². The Hall–Kier alpha value is -1.55. The van der Waals surface area contributed by atoms with Crippen molar-refractivity contribution in [3.63, 3.8) is 0 Å². The Morgan fingerprint density at radius 3 is 2.89 bits per heavy atom. The molecule has 0 saturated heterocycles. The predicted molar refractivity (Wildman–Crippen MR) is 72.5 cm³/mol. The highest BCUT2D eigenvalue weighted by molar-refractivity contribution is 5.78. The van der Waals surface area contributed by atoms with Gasteiger partial charge in [0.15, 0.2) is 0 Å². The van der Waals surface area contributed by atoms with Gasteiger partial charge in [0.2, 0.25) is 5.91 Å². The van der Waals surface area contributed by atoms with Crippen LogP contribution >= 0.6 is 0 Å². The normalized spacial score (nSPS) is 11.9. The van der Waals surface area contributed by atoms with Crippen LogP contribution in [0.15, 0.2) is 24.3 Å². The van der Waals surface area contributed by atoms with Crippen LogP contribution in [0.5, 0.6) is 5.75 Å². The van der Waals surface area contributed by atoms with Crippen molar-refractivity contribution in [3.05, 3.63) is 29.8 Å². The lowest BCUT2D eigenvalue weighted by Crippen LogP contribution is -2.35. The summed E-state index contributed by atoms with van der Waals surface area (Å²) in [6.45, 7) is 3.00. The van der Waals surface area contributed by atoms with Gasteiger partial charge in [-0.3, -0.25) is 4.79 Å². The van der Waals surface area contributed by atoms with E-state index in [9.17, 15) is 4.79 Å². The molecule has 3 N–H and O–H groups in total. The van der Waals surface area contributed by atoms with Crippen LogP contribution in [0.2, 0.25) is 0 Å². The zero-order valence-corrected chi connectivity index (χ0v) is 11.1. The molecule has 1 amide bonds. The topological polar surface area (TPSA) is 64.4 Å². The third-order valence-corrected chi connectivity index (χ3v) is 3.00. The number of benzene rings is 1. The molecule has 0 radical (unpaired) electrons. The van der Waals surface area contributed by atoms with Crippen molar-refractivity contribution >= 4 is 5.91 Å². The van der Waals surface area contributed by atoms with E-state index in [4.69, 9.17) is 10.5 Å². The number of ether oxygens (including phenoxy) is 1. The van der Waals surface area contributed by atoms with Crippen molar-refractivity contribution in [3.8, 4) is 5.75 Å². The van der Waals surface area contributed by atoms with Crippen molar-refractivity contribution in [1.29, 1.82) is 0 Å². The molecule has 0 saturated carbocycles. The summed E-state index contributed by atoms with van der Waals surface area (Å²) in [5, 5.41) is 2.91. The third kappa shape index (κ3) is 4.37. The Labute approximate surface area is 109 Å². The van der Waals surface area contributed by atoms with Crippen LogP contribution in [-0.4, -0.2) is 26.1 Å². The van der Waals surface area contributed by atoms with Crippen molar-refractivity contribution in [2.75, 3.05) is 20.2 Å². The molecule has 0 aromatic heterocycles. The molecule has 4 heteroatoms. The predicted octanol–water partition coefficient (Wildman–Crippen LogP) is 1.34. The Kier molecular flexibility index (Phi) is 6.22. The number of carbonyl (C=O) groups is 1. The van der Waals surface area contributed by atoms with Gasteiger partial charge >= 0.3 is 0 Å². The molecule has 0 aliphatic heterocycles. The highest BCUT2D eigenvalue weighted by atomic mass is 16.5. The first-order valence-corrected chi connectivity index (χ1v) is 6.32. The number of nitrogens with one attached hydrogen (secondary N) is 1. The minimum Gasteiger partial charge on any atom is -0.497 e. The Morgan fingerprint density at radius 1 is 1.50 bits per heavy atom. The van der Waals surface area contributed by atoms with Crippen LogP contribution < -0.4 is 15.8 Å². The third-order valence-electron chi connectivity index (χ3n) is 3.00. The van der Waals surface area contributed by atoms with E-state index in [1.54, 1.807) is 7.11 Å². The summed E-state index contributed by atoms with van der Waals surface area (Å²) < 4.78 is 5.15. The number of methoxy groups -OCH3 is 1. The van der Waals surface area contributed by atoms with Crippen LogP contribution in [0.3, 0.4) is 0 Å². The lowest BCUT2D eigenvalue weighted by Gasteiger charge is -2.12. The maximum Gasteiger partial charge on any atom is 0.224 e. The molecule has 1 atom stereocenters. The Bertz CT molecular complexity index is 376. The highest BCUT2D eigenvalue weighted by Crippen LogP contribution is 2.12. The first-order chi connectivity index (χ1) is 8.71. The molecule has 0 fully saturated rings. The van der Waals surface area contributed by atoms with Gasteiger partial charge < -0.3 is 15.8 Å². The summed E-state index contributed by atoms with van der Waals surface area (Å²) in [5.74, 6) is 0.811. The van der Waals surface area contributed by atoms with Gasteiger partial charge in [0, 0.05) is 19.0 Å². The molecule has 100 valence electrons. The van der Waals surface area contributed by atoms with E-state index in [0.717, 1.165) is 24.2 Å². The number of hydrogen-bond donors (Lipinski definition) is 2. The number of amides is 1. The first-order valence-electron chi connectivity index (χ1n) is 6.32. The SMILES string of the molecule is CCC(CN)C(=O)NCCc1cccc(OC)c1. The fraction of sp³-hybridized carbons (Fsp3) is 0.500. The maximum absolute atomic E-state index is 11.7. The van der Waals surface area contributed by atoms with Crippen molar-refractivity contribution in [1.82, 2.24) is 5.32 Å². The Morgan fingerprint density at radius 2 is 2.28 bits per heavy atom. The number of carbonyl (C=O) groups excluding carboxylic acids is 1. The second kappa shape index (κ2) is 7.71. The summed E-state index contributed by atoms with van der Waals surface area (Å²) >= 11 is 0. The largest absolute Gasteiger partial charge is 0.497 e. The van der Waals surface area contributed by atoms with Gasteiger partial charge in [-0.15, -0.1) is 0 Å². The molecule has 1 unspecified atom stereocenters. The lowest BCUT2D eigenvalue weighted by molar-refractivity contribution is -0.124. The first kappa shape index (κ1) is 14.5. The zero-order chi connectivity index (χ0) is 13.4. The molecule has 0 spiro atoms. The van der Waals surface area contributed by atoms with Crippen molar-refractivity contribution < 1.29 is 9.53 Å². The molecule has 4 nitrogen and oxygen atoms in total. The lowest BCUT2D eigenvalue weighted by atomic mass is 10.1. The van der Waals surface area contributed by atoms with E-state index in [-0.39, 0.29) is 11.8 Å². The second-order valence-electron chi connectivity index (χ2n) is 4.23. The van der Waals surface area contributed by atoms with Gasteiger partial charge in [-0.05, 0) is 30.5 Å². The van der Waals surface area contributed by atoms with Crippen LogP contribution in [0.25, 0.3) is 0 Å². The van der Waals surface area contributed by atoms with Gasteiger partial charge in [-0.25, -0.2) is 0 Å². The van der Waals surface area contributed by atoms with Crippen LogP contribution in [0.4, 0.5) is 0 Å². The van der Waals surface area contributed by atoms with Crippen LogP contribution in [0.1, 0.15) is 18.9 Å². The van der Waals surface area contributed by atoms with E-state index in [1.165, 1.54) is 0 Å². The number of nitrogens with two attached hydrogens (primary N) is 1. The van der Waals surface area contributed by atoms with Gasteiger partial charge in [0.25, 0.3) is 0 Å². The molecular formula is C14H22N2O2. The average Bonchev–Trinajstić information content (AvgIpc) is 2.40. The fourth-order valence-corrected chi connectivity index (χ4v) is 1.76. The summed E-state index contributed by atoms with van der Waals surface area (Å²) in [6, 6.07) is 7.86. The van der Waals surface area contributed by atoms with Crippen LogP contribution in [-0.2, 0) is 11.2 Å².